The Bertz CT molecular complexity index is 300. The van der Waals surface area contributed by atoms with E-state index in [9.17, 15) is 13.2 Å². The lowest BCUT2D eigenvalue weighted by atomic mass is 9.74. The Hall–Kier alpha value is -0.330. The standard InChI is InChI=1S/C15H29F3N2O/c1-12(2)10-20(8-9-21-3)14(11-19)6-4-13(5-7-14)15(16,17)18/h12-13H,4-11,19H2,1-3H3. The van der Waals surface area contributed by atoms with Crippen LogP contribution < -0.4 is 5.73 Å². The molecule has 0 saturated heterocycles. The number of halogens is 3. The van der Waals surface area contributed by atoms with E-state index in [0.29, 0.717) is 31.9 Å². The predicted molar refractivity (Wildman–Crippen MR) is 78.1 cm³/mol. The largest absolute Gasteiger partial charge is 0.391 e. The van der Waals surface area contributed by atoms with Gasteiger partial charge in [-0.15, -0.1) is 0 Å². The molecule has 0 bridgehead atoms. The first-order valence-electron chi connectivity index (χ1n) is 7.76. The zero-order valence-electron chi connectivity index (χ0n) is 13.4. The van der Waals surface area contributed by atoms with Crippen LogP contribution in [-0.4, -0.2) is 50.0 Å². The molecule has 1 saturated carbocycles. The smallest absolute Gasteiger partial charge is 0.383 e. The van der Waals surface area contributed by atoms with Gasteiger partial charge in [-0.2, -0.15) is 13.2 Å². The van der Waals surface area contributed by atoms with Gasteiger partial charge in [-0.1, -0.05) is 13.8 Å². The van der Waals surface area contributed by atoms with Crippen molar-refractivity contribution in [2.24, 2.45) is 17.6 Å². The Labute approximate surface area is 126 Å². The highest BCUT2D eigenvalue weighted by molar-refractivity contribution is 4.97. The molecular weight excluding hydrogens is 281 g/mol. The minimum atomic E-state index is -4.07. The summed E-state index contributed by atoms with van der Waals surface area (Å²) in [4.78, 5) is 2.26. The first kappa shape index (κ1) is 18.7. The maximum atomic E-state index is 12.8. The van der Waals surface area contributed by atoms with Crippen molar-refractivity contribution in [2.75, 3.05) is 33.4 Å². The molecule has 1 rings (SSSR count). The molecule has 3 nitrogen and oxygen atoms in total. The maximum Gasteiger partial charge on any atom is 0.391 e. The summed E-state index contributed by atoms with van der Waals surface area (Å²) in [5, 5.41) is 0. The molecule has 0 aromatic rings. The highest BCUT2D eigenvalue weighted by Gasteiger charge is 2.47. The number of hydrogen-bond donors (Lipinski definition) is 1. The molecule has 0 heterocycles. The first-order valence-corrected chi connectivity index (χ1v) is 7.76. The summed E-state index contributed by atoms with van der Waals surface area (Å²) in [5.41, 5.74) is 5.68. The fourth-order valence-corrected chi connectivity index (χ4v) is 3.30. The Balaban J connectivity index is 2.77. The van der Waals surface area contributed by atoms with E-state index < -0.39 is 12.1 Å². The van der Waals surface area contributed by atoms with Crippen LogP contribution in [0.3, 0.4) is 0 Å². The SMILES string of the molecule is COCCN(CC(C)C)C1(CN)CCC(C(F)(F)F)CC1. The van der Waals surface area contributed by atoms with Gasteiger partial charge in [0.1, 0.15) is 0 Å². The van der Waals surface area contributed by atoms with Crippen LogP contribution in [0.25, 0.3) is 0 Å². The van der Waals surface area contributed by atoms with Gasteiger partial charge < -0.3 is 10.5 Å². The van der Waals surface area contributed by atoms with Gasteiger partial charge in [0.2, 0.25) is 0 Å². The average Bonchev–Trinajstić information content (AvgIpc) is 2.42. The van der Waals surface area contributed by atoms with Gasteiger partial charge in [0.15, 0.2) is 0 Å². The molecule has 0 spiro atoms. The van der Waals surface area contributed by atoms with Crippen molar-refractivity contribution in [1.29, 1.82) is 0 Å². The molecule has 6 heteroatoms. The highest BCUT2D eigenvalue weighted by Crippen LogP contribution is 2.43. The number of ether oxygens (including phenoxy) is 1. The number of alkyl halides is 3. The van der Waals surface area contributed by atoms with Crippen molar-refractivity contribution < 1.29 is 17.9 Å². The predicted octanol–water partition coefficient (Wildman–Crippen LogP) is 3.04. The second kappa shape index (κ2) is 7.79. The highest BCUT2D eigenvalue weighted by atomic mass is 19.4. The van der Waals surface area contributed by atoms with Gasteiger partial charge in [-0.05, 0) is 31.6 Å². The summed E-state index contributed by atoms with van der Waals surface area (Å²) in [7, 11) is 1.64. The van der Waals surface area contributed by atoms with Crippen molar-refractivity contribution >= 4 is 0 Å². The Morgan fingerprint density at radius 2 is 1.86 bits per heavy atom. The van der Waals surface area contributed by atoms with Crippen molar-refractivity contribution in [3.63, 3.8) is 0 Å². The van der Waals surface area contributed by atoms with E-state index in [2.05, 4.69) is 18.7 Å². The number of methoxy groups -OCH3 is 1. The maximum absolute atomic E-state index is 12.8. The Kier molecular flexibility index (Phi) is 6.94. The molecular formula is C15H29F3N2O. The van der Waals surface area contributed by atoms with Crippen molar-refractivity contribution in [2.45, 2.75) is 51.2 Å². The van der Waals surface area contributed by atoms with Crippen LogP contribution in [0.15, 0.2) is 0 Å². The van der Waals surface area contributed by atoms with E-state index in [-0.39, 0.29) is 18.4 Å². The molecule has 0 radical (unpaired) electrons. The fourth-order valence-electron chi connectivity index (χ4n) is 3.30. The minimum Gasteiger partial charge on any atom is -0.383 e. The lowest BCUT2D eigenvalue weighted by Gasteiger charge is -2.48. The lowest BCUT2D eigenvalue weighted by Crippen LogP contribution is -2.58. The zero-order valence-corrected chi connectivity index (χ0v) is 13.4. The van der Waals surface area contributed by atoms with E-state index in [4.69, 9.17) is 10.5 Å². The summed E-state index contributed by atoms with van der Waals surface area (Å²) in [6.07, 6.45) is -2.67. The monoisotopic (exact) mass is 310 g/mol. The molecule has 2 N–H and O–H groups in total. The van der Waals surface area contributed by atoms with Crippen LogP contribution in [0, 0.1) is 11.8 Å². The molecule has 1 fully saturated rings. The van der Waals surface area contributed by atoms with Crippen molar-refractivity contribution in [3.8, 4) is 0 Å². The van der Waals surface area contributed by atoms with E-state index in [1.165, 1.54) is 0 Å². The quantitative estimate of drug-likeness (QED) is 0.785. The summed E-state index contributed by atoms with van der Waals surface area (Å²) in [6.45, 7) is 6.79. The Morgan fingerprint density at radius 1 is 1.29 bits per heavy atom. The third-order valence-corrected chi connectivity index (χ3v) is 4.58. The van der Waals surface area contributed by atoms with Crippen LogP contribution in [0.5, 0.6) is 0 Å². The second-order valence-corrected chi connectivity index (χ2v) is 6.58. The molecule has 0 amide bonds. The van der Waals surface area contributed by atoms with Crippen LogP contribution in [0.4, 0.5) is 13.2 Å². The van der Waals surface area contributed by atoms with Gasteiger partial charge in [-0.3, -0.25) is 4.90 Å². The number of hydrogen-bond acceptors (Lipinski definition) is 3. The fraction of sp³-hybridized carbons (Fsp3) is 1.00. The molecule has 0 atom stereocenters. The van der Waals surface area contributed by atoms with E-state index >= 15 is 0 Å². The summed E-state index contributed by atoms with van der Waals surface area (Å²) in [5.74, 6) is -0.717. The molecule has 0 aliphatic heterocycles. The third kappa shape index (κ3) is 5.11. The summed E-state index contributed by atoms with van der Waals surface area (Å²) in [6, 6.07) is 0. The van der Waals surface area contributed by atoms with Crippen LogP contribution in [0.2, 0.25) is 0 Å². The van der Waals surface area contributed by atoms with E-state index in [0.717, 1.165) is 13.1 Å². The lowest BCUT2D eigenvalue weighted by molar-refractivity contribution is -0.188. The zero-order chi connectivity index (χ0) is 16.1. The molecule has 0 aromatic carbocycles. The van der Waals surface area contributed by atoms with Gasteiger partial charge >= 0.3 is 6.18 Å². The minimum absolute atomic E-state index is 0.183. The van der Waals surface area contributed by atoms with Crippen LogP contribution in [-0.2, 0) is 4.74 Å². The van der Waals surface area contributed by atoms with Crippen LogP contribution in [0.1, 0.15) is 39.5 Å². The van der Waals surface area contributed by atoms with Crippen molar-refractivity contribution in [1.82, 2.24) is 4.90 Å². The molecule has 21 heavy (non-hydrogen) atoms. The van der Waals surface area contributed by atoms with Gasteiger partial charge in [0, 0.05) is 32.3 Å². The van der Waals surface area contributed by atoms with E-state index in [1.54, 1.807) is 7.11 Å². The average molecular weight is 310 g/mol. The molecule has 1 aliphatic carbocycles. The van der Waals surface area contributed by atoms with Gasteiger partial charge in [-0.25, -0.2) is 0 Å². The Morgan fingerprint density at radius 3 is 2.24 bits per heavy atom. The van der Waals surface area contributed by atoms with E-state index in [1.807, 2.05) is 0 Å². The van der Waals surface area contributed by atoms with Crippen molar-refractivity contribution in [3.05, 3.63) is 0 Å². The number of nitrogens with zero attached hydrogens (tertiary/aromatic N) is 1. The summed E-state index contributed by atoms with van der Waals surface area (Å²) < 4.78 is 43.7. The normalized spacial score (nSPS) is 27.6. The number of nitrogens with two attached hydrogens (primary N) is 1. The molecule has 0 aromatic heterocycles. The first-order chi connectivity index (χ1) is 9.75. The third-order valence-electron chi connectivity index (χ3n) is 4.58. The molecule has 1 aliphatic rings. The summed E-state index contributed by atoms with van der Waals surface area (Å²) >= 11 is 0. The van der Waals surface area contributed by atoms with Gasteiger partial charge in [0.25, 0.3) is 0 Å². The number of rotatable bonds is 7. The molecule has 0 unspecified atom stereocenters. The second-order valence-electron chi connectivity index (χ2n) is 6.58. The topological polar surface area (TPSA) is 38.5 Å². The molecule has 126 valence electrons. The van der Waals surface area contributed by atoms with Crippen LogP contribution >= 0.6 is 0 Å². The van der Waals surface area contributed by atoms with Gasteiger partial charge in [0.05, 0.1) is 12.5 Å².